The molecule has 1 aromatic carbocycles. The summed E-state index contributed by atoms with van der Waals surface area (Å²) in [7, 11) is 0. The van der Waals surface area contributed by atoms with Crippen LogP contribution in [0.1, 0.15) is 11.3 Å². The Bertz CT molecular complexity index is 776. The van der Waals surface area contributed by atoms with Gasteiger partial charge in [0.1, 0.15) is 11.6 Å². The van der Waals surface area contributed by atoms with Gasteiger partial charge in [0.15, 0.2) is 0 Å². The van der Waals surface area contributed by atoms with Crippen LogP contribution in [0.5, 0.6) is 0 Å². The molecule has 1 aromatic heterocycles. The van der Waals surface area contributed by atoms with Crippen molar-refractivity contribution in [2.45, 2.75) is 13.5 Å². The Morgan fingerprint density at radius 3 is 2.58 bits per heavy atom. The number of hydrogen-bond acceptors (Lipinski definition) is 4. The number of nitrogens with zero attached hydrogens (tertiary/aromatic N) is 3. The van der Waals surface area contributed by atoms with E-state index >= 15 is 0 Å². The number of carbonyl (C=O) groups excluding carboxylic acids is 1. The maximum Gasteiger partial charge on any atom is 0.238 e. The number of nitrogens with one attached hydrogen (secondary N) is 1. The molecule has 2 heterocycles. The van der Waals surface area contributed by atoms with Crippen LogP contribution >= 0.6 is 0 Å². The van der Waals surface area contributed by atoms with Crippen LogP contribution in [0.3, 0.4) is 0 Å². The van der Waals surface area contributed by atoms with Gasteiger partial charge in [0.05, 0.1) is 17.9 Å². The lowest BCUT2D eigenvalue weighted by molar-refractivity contribution is -0.117. The van der Waals surface area contributed by atoms with Crippen LogP contribution in [0, 0.1) is 18.6 Å². The molecule has 7 heteroatoms. The molecule has 138 valence electrons. The van der Waals surface area contributed by atoms with E-state index < -0.39 is 11.6 Å². The van der Waals surface area contributed by atoms with Gasteiger partial charge < -0.3 is 5.32 Å². The molecule has 26 heavy (non-hydrogen) atoms. The minimum absolute atomic E-state index is 0.000614. The first kappa shape index (κ1) is 18.4. The summed E-state index contributed by atoms with van der Waals surface area (Å²) >= 11 is 0. The van der Waals surface area contributed by atoms with Crippen LogP contribution in [0.2, 0.25) is 0 Å². The van der Waals surface area contributed by atoms with Crippen LogP contribution in [-0.4, -0.2) is 53.4 Å². The fourth-order valence-corrected chi connectivity index (χ4v) is 2.98. The summed E-state index contributed by atoms with van der Waals surface area (Å²) in [6, 6.07) is 7.09. The van der Waals surface area contributed by atoms with Crippen molar-refractivity contribution in [3.63, 3.8) is 0 Å². The van der Waals surface area contributed by atoms with Crippen LogP contribution in [0.4, 0.5) is 14.5 Å². The van der Waals surface area contributed by atoms with Gasteiger partial charge in [-0.15, -0.1) is 0 Å². The van der Waals surface area contributed by atoms with Crippen molar-refractivity contribution >= 4 is 11.6 Å². The average molecular weight is 360 g/mol. The highest BCUT2D eigenvalue weighted by Gasteiger charge is 2.20. The van der Waals surface area contributed by atoms with Gasteiger partial charge in [-0.2, -0.15) is 0 Å². The largest absolute Gasteiger partial charge is 0.322 e. The molecule has 1 aliphatic rings. The molecular formula is C19H22F2N4O. The van der Waals surface area contributed by atoms with E-state index in [1.165, 1.54) is 11.6 Å². The Morgan fingerprint density at radius 1 is 1.15 bits per heavy atom. The molecule has 1 aliphatic heterocycles. The van der Waals surface area contributed by atoms with Gasteiger partial charge in [-0.1, -0.05) is 6.07 Å². The number of pyridine rings is 1. The lowest BCUT2D eigenvalue weighted by atomic mass is 10.2. The molecule has 5 nitrogen and oxygen atoms in total. The Kier molecular flexibility index (Phi) is 5.90. The van der Waals surface area contributed by atoms with Crippen LogP contribution in [0.15, 0.2) is 36.5 Å². The molecule has 3 rings (SSSR count). The third-order valence-electron chi connectivity index (χ3n) is 4.53. The molecule has 0 radical (unpaired) electrons. The van der Waals surface area contributed by atoms with E-state index in [1.54, 1.807) is 6.20 Å². The minimum Gasteiger partial charge on any atom is -0.322 e. The van der Waals surface area contributed by atoms with Gasteiger partial charge in [-0.05, 0) is 30.7 Å². The molecule has 1 saturated heterocycles. The topological polar surface area (TPSA) is 48.5 Å². The number of halogens is 2. The van der Waals surface area contributed by atoms with E-state index in [0.717, 1.165) is 50.6 Å². The van der Waals surface area contributed by atoms with Crippen LogP contribution in [0.25, 0.3) is 0 Å². The van der Waals surface area contributed by atoms with E-state index in [2.05, 4.69) is 28.2 Å². The van der Waals surface area contributed by atoms with Gasteiger partial charge >= 0.3 is 0 Å². The Hall–Kier alpha value is -2.38. The normalized spacial score (nSPS) is 15.8. The van der Waals surface area contributed by atoms with Crippen molar-refractivity contribution in [1.82, 2.24) is 14.8 Å². The molecule has 1 amide bonds. The zero-order chi connectivity index (χ0) is 18.5. The molecule has 0 aliphatic carbocycles. The lowest BCUT2D eigenvalue weighted by Gasteiger charge is -2.34. The van der Waals surface area contributed by atoms with Crippen LogP contribution < -0.4 is 5.32 Å². The number of benzene rings is 1. The maximum atomic E-state index is 13.6. The van der Waals surface area contributed by atoms with Crippen molar-refractivity contribution in [3.05, 3.63) is 59.4 Å². The number of amides is 1. The van der Waals surface area contributed by atoms with E-state index in [9.17, 15) is 13.6 Å². The Balaban J connectivity index is 1.46. The average Bonchev–Trinajstić information content (AvgIpc) is 2.61. The standard InChI is InChI=1S/C19H22F2N4O/c1-14-3-2-6-22-18(14)12-24-7-9-25(10-8-24)13-19(26)23-17-5-4-15(20)11-16(17)21/h2-6,11H,7-10,12-13H2,1H3,(H,23,26). The predicted molar refractivity (Wildman–Crippen MR) is 95.7 cm³/mol. The third kappa shape index (κ3) is 4.83. The second-order valence-electron chi connectivity index (χ2n) is 6.49. The number of hydrogen-bond donors (Lipinski definition) is 1. The van der Waals surface area contributed by atoms with Gasteiger partial charge in [-0.25, -0.2) is 8.78 Å². The number of aryl methyl sites for hydroxylation is 1. The van der Waals surface area contributed by atoms with E-state index in [4.69, 9.17) is 0 Å². The van der Waals surface area contributed by atoms with Gasteiger partial charge in [0.2, 0.25) is 5.91 Å². The number of rotatable bonds is 5. The number of piperazine rings is 1. The first-order valence-electron chi connectivity index (χ1n) is 8.61. The summed E-state index contributed by atoms with van der Waals surface area (Å²) in [5, 5.41) is 2.50. The molecule has 0 saturated carbocycles. The molecule has 0 unspecified atom stereocenters. The van der Waals surface area contributed by atoms with Crippen molar-refractivity contribution in [3.8, 4) is 0 Å². The minimum atomic E-state index is -0.770. The van der Waals surface area contributed by atoms with Crippen LogP contribution in [-0.2, 0) is 11.3 Å². The van der Waals surface area contributed by atoms with Crippen molar-refractivity contribution in [2.75, 3.05) is 38.0 Å². The summed E-state index contributed by atoms with van der Waals surface area (Å²) < 4.78 is 26.5. The monoisotopic (exact) mass is 360 g/mol. The first-order chi connectivity index (χ1) is 12.5. The molecular weight excluding hydrogens is 338 g/mol. The molecule has 1 fully saturated rings. The van der Waals surface area contributed by atoms with E-state index in [-0.39, 0.29) is 18.1 Å². The molecule has 2 aromatic rings. The Morgan fingerprint density at radius 2 is 1.88 bits per heavy atom. The van der Waals surface area contributed by atoms with Crippen molar-refractivity contribution in [1.29, 1.82) is 0 Å². The smallest absolute Gasteiger partial charge is 0.238 e. The molecule has 0 spiro atoms. The Labute approximate surface area is 151 Å². The van der Waals surface area contributed by atoms with Crippen molar-refractivity contribution < 1.29 is 13.6 Å². The van der Waals surface area contributed by atoms with E-state index in [1.807, 2.05) is 11.0 Å². The van der Waals surface area contributed by atoms with Crippen molar-refractivity contribution in [2.24, 2.45) is 0 Å². The SMILES string of the molecule is Cc1cccnc1CN1CCN(CC(=O)Nc2ccc(F)cc2F)CC1. The number of carbonyl (C=O) groups is 1. The number of anilines is 1. The summed E-state index contributed by atoms with van der Waals surface area (Å²) in [5.74, 6) is -1.74. The summed E-state index contributed by atoms with van der Waals surface area (Å²) in [6.07, 6.45) is 1.80. The fraction of sp³-hybridized carbons (Fsp3) is 0.368. The zero-order valence-corrected chi connectivity index (χ0v) is 14.7. The lowest BCUT2D eigenvalue weighted by Crippen LogP contribution is -2.48. The highest BCUT2D eigenvalue weighted by atomic mass is 19.1. The third-order valence-corrected chi connectivity index (χ3v) is 4.53. The maximum absolute atomic E-state index is 13.6. The zero-order valence-electron chi connectivity index (χ0n) is 14.7. The summed E-state index contributed by atoms with van der Waals surface area (Å²) in [6.45, 7) is 6.23. The van der Waals surface area contributed by atoms with E-state index in [0.29, 0.717) is 0 Å². The summed E-state index contributed by atoms with van der Waals surface area (Å²) in [4.78, 5) is 20.9. The predicted octanol–water partition coefficient (Wildman–Crippen LogP) is 2.42. The highest BCUT2D eigenvalue weighted by molar-refractivity contribution is 5.92. The quantitative estimate of drug-likeness (QED) is 0.890. The fourth-order valence-electron chi connectivity index (χ4n) is 2.98. The summed E-state index contributed by atoms with van der Waals surface area (Å²) in [5.41, 5.74) is 2.25. The van der Waals surface area contributed by atoms with Gasteiger partial charge in [0, 0.05) is 45.0 Å². The van der Waals surface area contributed by atoms with Gasteiger partial charge in [0.25, 0.3) is 0 Å². The highest BCUT2D eigenvalue weighted by Crippen LogP contribution is 2.15. The van der Waals surface area contributed by atoms with Gasteiger partial charge in [-0.3, -0.25) is 19.6 Å². The second-order valence-corrected chi connectivity index (χ2v) is 6.49. The molecule has 1 N–H and O–H groups in total. The molecule has 0 bridgehead atoms. The second kappa shape index (κ2) is 8.33. The molecule has 0 atom stereocenters. The first-order valence-corrected chi connectivity index (χ1v) is 8.61. The number of aromatic nitrogens is 1.